The maximum absolute atomic E-state index is 5.59. The number of methoxy groups -OCH3 is 2. The van der Waals surface area contributed by atoms with Crippen molar-refractivity contribution in [3.63, 3.8) is 0 Å². The van der Waals surface area contributed by atoms with Crippen molar-refractivity contribution in [1.82, 2.24) is 15.5 Å². The first kappa shape index (κ1) is 16.1. The normalized spacial score (nSPS) is 13.7. The molecule has 0 amide bonds. The van der Waals surface area contributed by atoms with Gasteiger partial charge < -0.3 is 19.3 Å². The molecule has 0 aromatic carbocycles. The lowest BCUT2D eigenvalue weighted by molar-refractivity contribution is -0.0306. The molecule has 0 saturated heterocycles. The molecule has 0 aliphatic carbocycles. The molecule has 0 radical (unpaired) electrons. The molecular weight excluding hydrogens is 246 g/mol. The average molecular weight is 271 g/mol. The van der Waals surface area contributed by atoms with Gasteiger partial charge in [-0.25, -0.2) is 0 Å². The highest BCUT2D eigenvalue weighted by molar-refractivity contribution is 5.01. The van der Waals surface area contributed by atoms with Gasteiger partial charge in [0, 0.05) is 26.7 Å². The SMILES string of the molecule is CCC(CC)(OC)c1noc(CC(COC)NC)n1. The number of ether oxygens (including phenoxy) is 2. The summed E-state index contributed by atoms with van der Waals surface area (Å²) >= 11 is 0. The molecule has 1 heterocycles. The van der Waals surface area contributed by atoms with E-state index in [1.807, 2.05) is 7.05 Å². The van der Waals surface area contributed by atoms with Crippen molar-refractivity contribution in [1.29, 1.82) is 0 Å². The molecule has 19 heavy (non-hydrogen) atoms. The van der Waals surface area contributed by atoms with Crippen LogP contribution in [0, 0.1) is 0 Å². The highest BCUT2D eigenvalue weighted by Gasteiger charge is 2.33. The zero-order chi connectivity index (χ0) is 14.3. The summed E-state index contributed by atoms with van der Waals surface area (Å²) in [5, 5.41) is 7.23. The Hall–Kier alpha value is -0.980. The first-order valence-corrected chi connectivity index (χ1v) is 6.70. The monoisotopic (exact) mass is 271 g/mol. The van der Waals surface area contributed by atoms with Crippen molar-refractivity contribution < 1.29 is 14.0 Å². The Morgan fingerprint density at radius 1 is 1.32 bits per heavy atom. The van der Waals surface area contributed by atoms with Gasteiger partial charge in [-0.2, -0.15) is 4.98 Å². The van der Waals surface area contributed by atoms with E-state index in [1.165, 1.54) is 0 Å². The van der Waals surface area contributed by atoms with E-state index >= 15 is 0 Å². The first-order valence-electron chi connectivity index (χ1n) is 6.70. The van der Waals surface area contributed by atoms with Crippen molar-refractivity contribution >= 4 is 0 Å². The van der Waals surface area contributed by atoms with Crippen LogP contribution in [-0.4, -0.2) is 44.1 Å². The molecule has 110 valence electrons. The molecule has 1 rings (SSSR count). The van der Waals surface area contributed by atoms with E-state index in [0.29, 0.717) is 24.7 Å². The van der Waals surface area contributed by atoms with Crippen molar-refractivity contribution in [3.05, 3.63) is 11.7 Å². The molecule has 0 bridgehead atoms. The zero-order valence-corrected chi connectivity index (χ0v) is 12.5. The molecule has 0 spiro atoms. The minimum absolute atomic E-state index is 0.165. The van der Waals surface area contributed by atoms with Gasteiger partial charge in [-0.1, -0.05) is 19.0 Å². The van der Waals surface area contributed by atoms with Crippen LogP contribution >= 0.6 is 0 Å². The van der Waals surface area contributed by atoms with Gasteiger partial charge in [-0.05, 0) is 19.9 Å². The lowest BCUT2D eigenvalue weighted by Crippen LogP contribution is -2.32. The number of nitrogens with zero attached hydrogens (tertiary/aromatic N) is 2. The van der Waals surface area contributed by atoms with Crippen LogP contribution in [-0.2, 0) is 21.5 Å². The summed E-state index contributed by atoms with van der Waals surface area (Å²) in [6.07, 6.45) is 2.27. The maximum Gasteiger partial charge on any atom is 0.228 e. The average Bonchev–Trinajstić information content (AvgIpc) is 2.90. The Bertz CT molecular complexity index is 356. The Kier molecular flexibility index (Phi) is 6.41. The molecule has 0 fully saturated rings. The van der Waals surface area contributed by atoms with E-state index in [4.69, 9.17) is 14.0 Å². The fourth-order valence-electron chi connectivity index (χ4n) is 2.13. The van der Waals surface area contributed by atoms with E-state index in [-0.39, 0.29) is 6.04 Å². The van der Waals surface area contributed by atoms with Gasteiger partial charge in [0.1, 0.15) is 5.60 Å². The summed E-state index contributed by atoms with van der Waals surface area (Å²) in [6, 6.07) is 0.165. The van der Waals surface area contributed by atoms with Crippen molar-refractivity contribution in [2.24, 2.45) is 0 Å². The van der Waals surface area contributed by atoms with Gasteiger partial charge in [0.25, 0.3) is 0 Å². The van der Waals surface area contributed by atoms with E-state index in [2.05, 4.69) is 29.3 Å². The number of nitrogens with one attached hydrogen (secondary N) is 1. The van der Waals surface area contributed by atoms with Gasteiger partial charge in [-0.15, -0.1) is 0 Å². The molecule has 1 aromatic rings. The fourth-order valence-corrected chi connectivity index (χ4v) is 2.13. The molecule has 0 aliphatic rings. The first-order chi connectivity index (χ1) is 9.15. The van der Waals surface area contributed by atoms with Gasteiger partial charge in [0.05, 0.1) is 6.61 Å². The van der Waals surface area contributed by atoms with Crippen LogP contribution in [0.2, 0.25) is 0 Å². The second-order valence-corrected chi connectivity index (χ2v) is 4.56. The molecule has 0 saturated carbocycles. The minimum Gasteiger partial charge on any atom is -0.383 e. The van der Waals surface area contributed by atoms with Crippen molar-refractivity contribution in [2.45, 2.75) is 44.8 Å². The van der Waals surface area contributed by atoms with Gasteiger partial charge in [0.2, 0.25) is 11.7 Å². The number of hydrogen-bond acceptors (Lipinski definition) is 6. The molecule has 1 N–H and O–H groups in total. The summed E-state index contributed by atoms with van der Waals surface area (Å²) < 4.78 is 16.0. The van der Waals surface area contributed by atoms with Gasteiger partial charge in [-0.3, -0.25) is 0 Å². The van der Waals surface area contributed by atoms with Crippen LogP contribution in [0.3, 0.4) is 0 Å². The molecule has 1 atom stereocenters. The third-order valence-corrected chi connectivity index (χ3v) is 3.61. The predicted molar refractivity (Wildman–Crippen MR) is 72.0 cm³/mol. The van der Waals surface area contributed by atoms with Gasteiger partial charge >= 0.3 is 0 Å². The fraction of sp³-hybridized carbons (Fsp3) is 0.846. The van der Waals surface area contributed by atoms with Crippen LogP contribution in [0.25, 0.3) is 0 Å². The topological polar surface area (TPSA) is 69.4 Å². The molecule has 6 nitrogen and oxygen atoms in total. The third-order valence-electron chi connectivity index (χ3n) is 3.61. The second kappa shape index (κ2) is 7.57. The summed E-state index contributed by atoms with van der Waals surface area (Å²) in [5.74, 6) is 1.23. The molecule has 1 unspecified atom stereocenters. The smallest absolute Gasteiger partial charge is 0.228 e. The zero-order valence-electron chi connectivity index (χ0n) is 12.5. The summed E-state index contributed by atoms with van der Waals surface area (Å²) in [4.78, 5) is 4.47. The molecule has 1 aromatic heterocycles. The van der Waals surface area contributed by atoms with E-state index in [1.54, 1.807) is 14.2 Å². The van der Waals surface area contributed by atoms with Crippen LogP contribution in [0.4, 0.5) is 0 Å². The highest BCUT2D eigenvalue weighted by atomic mass is 16.5. The largest absolute Gasteiger partial charge is 0.383 e. The standard InChI is InChI=1S/C13H25N3O3/c1-6-13(7-2,18-5)12-15-11(19-16-12)8-10(14-3)9-17-4/h10,14H,6-9H2,1-5H3. The van der Waals surface area contributed by atoms with Crippen molar-refractivity contribution in [2.75, 3.05) is 27.9 Å². The number of likely N-dealkylation sites (N-methyl/N-ethyl adjacent to an activating group) is 1. The van der Waals surface area contributed by atoms with Crippen LogP contribution in [0.15, 0.2) is 4.52 Å². The number of hydrogen-bond donors (Lipinski definition) is 1. The van der Waals surface area contributed by atoms with E-state index in [0.717, 1.165) is 12.8 Å². The van der Waals surface area contributed by atoms with E-state index in [9.17, 15) is 0 Å². The van der Waals surface area contributed by atoms with Crippen LogP contribution in [0.1, 0.15) is 38.4 Å². The van der Waals surface area contributed by atoms with E-state index < -0.39 is 5.60 Å². The quantitative estimate of drug-likeness (QED) is 0.734. The summed E-state index contributed by atoms with van der Waals surface area (Å²) in [6.45, 7) is 4.72. The number of rotatable bonds is 9. The lowest BCUT2D eigenvalue weighted by atomic mass is 9.96. The van der Waals surface area contributed by atoms with Crippen LogP contribution < -0.4 is 5.32 Å². The highest BCUT2D eigenvalue weighted by Crippen LogP contribution is 2.30. The number of aromatic nitrogens is 2. The Labute approximate surface area is 114 Å². The van der Waals surface area contributed by atoms with Gasteiger partial charge in [0.15, 0.2) is 0 Å². The minimum atomic E-state index is -0.446. The Balaban J connectivity index is 2.81. The van der Waals surface area contributed by atoms with Crippen LogP contribution in [0.5, 0.6) is 0 Å². The third kappa shape index (κ3) is 3.75. The molecule has 0 aliphatic heterocycles. The maximum atomic E-state index is 5.59. The Morgan fingerprint density at radius 2 is 2.00 bits per heavy atom. The predicted octanol–water partition coefficient (Wildman–Crippen LogP) is 1.51. The summed E-state index contributed by atoms with van der Waals surface area (Å²) in [7, 11) is 5.25. The molecular formula is C13H25N3O3. The second-order valence-electron chi connectivity index (χ2n) is 4.56. The summed E-state index contributed by atoms with van der Waals surface area (Å²) in [5.41, 5.74) is -0.446. The molecule has 6 heteroatoms. The Morgan fingerprint density at radius 3 is 2.47 bits per heavy atom. The lowest BCUT2D eigenvalue weighted by Gasteiger charge is -2.25. The van der Waals surface area contributed by atoms with Crippen molar-refractivity contribution in [3.8, 4) is 0 Å².